The van der Waals surface area contributed by atoms with Gasteiger partial charge < -0.3 is 0 Å². The number of anilines is 1. The van der Waals surface area contributed by atoms with Crippen LogP contribution in [-0.2, 0) is 16.0 Å². The van der Waals surface area contributed by atoms with Crippen LogP contribution < -0.4 is 10.2 Å². The zero-order valence-electron chi connectivity index (χ0n) is 17.1. The molecule has 1 aliphatic rings. The SMILES string of the molecule is Cc1ccc(N2C(=O)NC(=O)/C(=C\c3ccc(Cc4ccccc4F)c(Cl)c3)C2=O)cc1. The molecule has 4 rings (SSSR count). The Kier molecular flexibility index (Phi) is 5.88. The Morgan fingerprint density at radius 3 is 2.38 bits per heavy atom. The summed E-state index contributed by atoms with van der Waals surface area (Å²) in [4.78, 5) is 38.5. The summed E-state index contributed by atoms with van der Waals surface area (Å²) in [6, 6.07) is 17.4. The number of hydrogen-bond donors (Lipinski definition) is 1. The Bertz CT molecular complexity index is 1270. The number of nitrogens with zero attached hydrogens (tertiary/aromatic N) is 1. The Morgan fingerprint density at radius 1 is 0.969 bits per heavy atom. The molecule has 7 heteroatoms. The van der Waals surface area contributed by atoms with Gasteiger partial charge in [-0.25, -0.2) is 14.1 Å². The molecular weight excluding hydrogens is 431 g/mol. The summed E-state index contributed by atoms with van der Waals surface area (Å²) in [5, 5.41) is 2.57. The van der Waals surface area contributed by atoms with Crippen LogP contribution in [0, 0.1) is 12.7 Å². The van der Waals surface area contributed by atoms with Crippen molar-refractivity contribution in [2.24, 2.45) is 0 Å². The average Bonchev–Trinajstić information content (AvgIpc) is 2.75. The third-order valence-electron chi connectivity index (χ3n) is 5.12. The Hall–Kier alpha value is -3.77. The molecule has 5 nitrogen and oxygen atoms in total. The normalized spacial score (nSPS) is 15.3. The molecule has 0 aromatic heterocycles. The van der Waals surface area contributed by atoms with E-state index in [2.05, 4.69) is 5.32 Å². The molecule has 0 saturated carbocycles. The van der Waals surface area contributed by atoms with Crippen LogP contribution in [0.15, 0.2) is 72.3 Å². The molecule has 1 heterocycles. The maximum atomic E-state index is 13.9. The number of carbonyl (C=O) groups is 3. The molecule has 0 spiro atoms. The van der Waals surface area contributed by atoms with Crippen molar-refractivity contribution in [1.29, 1.82) is 0 Å². The van der Waals surface area contributed by atoms with Crippen LogP contribution in [0.4, 0.5) is 14.9 Å². The number of aryl methyl sites for hydroxylation is 1. The van der Waals surface area contributed by atoms with E-state index < -0.39 is 17.8 Å². The standard InChI is InChI=1S/C25H18ClFN2O3/c1-15-6-10-19(11-7-15)29-24(31)20(23(30)28-25(29)32)12-16-8-9-17(21(26)13-16)14-18-4-2-3-5-22(18)27/h2-13H,14H2,1H3,(H,28,30,32)/b20-12+. The van der Waals surface area contributed by atoms with Gasteiger partial charge in [-0.1, -0.05) is 59.6 Å². The number of benzene rings is 3. The number of hydrogen-bond acceptors (Lipinski definition) is 3. The van der Waals surface area contributed by atoms with E-state index in [4.69, 9.17) is 11.6 Å². The maximum Gasteiger partial charge on any atom is 0.335 e. The quantitative estimate of drug-likeness (QED) is 0.449. The van der Waals surface area contributed by atoms with E-state index >= 15 is 0 Å². The van der Waals surface area contributed by atoms with E-state index in [1.54, 1.807) is 60.7 Å². The van der Waals surface area contributed by atoms with Crippen molar-refractivity contribution in [1.82, 2.24) is 5.32 Å². The number of barbiturate groups is 1. The molecule has 1 N–H and O–H groups in total. The first-order valence-corrected chi connectivity index (χ1v) is 10.2. The van der Waals surface area contributed by atoms with Gasteiger partial charge in [-0.15, -0.1) is 0 Å². The lowest BCUT2D eigenvalue weighted by atomic mass is 10.0. The first kappa shape index (κ1) is 21.5. The number of nitrogens with one attached hydrogen (secondary N) is 1. The molecule has 0 aliphatic carbocycles. The number of rotatable bonds is 4. The van der Waals surface area contributed by atoms with Crippen LogP contribution in [0.25, 0.3) is 6.08 Å². The highest BCUT2D eigenvalue weighted by Gasteiger charge is 2.36. The van der Waals surface area contributed by atoms with Gasteiger partial charge in [0.2, 0.25) is 0 Å². The zero-order valence-corrected chi connectivity index (χ0v) is 17.8. The lowest BCUT2D eigenvalue weighted by molar-refractivity contribution is -0.122. The van der Waals surface area contributed by atoms with Gasteiger partial charge in [-0.3, -0.25) is 14.9 Å². The lowest BCUT2D eigenvalue weighted by Gasteiger charge is -2.26. The number of imide groups is 2. The van der Waals surface area contributed by atoms with Crippen LogP contribution in [0.5, 0.6) is 0 Å². The summed E-state index contributed by atoms with van der Waals surface area (Å²) in [6.07, 6.45) is 1.68. The highest BCUT2D eigenvalue weighted by atomic mass is 35.5. The van der Waals surface area contributed by atoms with Crippen molar-refractivity contribution in [3.8, 4) is 0 Å². The molecule has 1 fully saturated rings. The molecule has 32 heavy (non-hydrogen) atoms. The van der Waals surface area contributed by atoms with E-state index in [-0.39, 0.29) is 11.4 Å². The second-order valence-electron chi connectivity index (χ2n) is 7.41. The number of halogens is 2. The molecule has 0 radical (unpaired) electrons. The Balaban J connectivity index is 1.63. The molecule has 160 valence electrons. The van der Waals surface area contributed by atoms with Crippen molar-refractivity contribution >= 4 is 41.2 Å². The average molecular weight is 449 g/mol. The summed E-state index contributed by atoms with van der Waals surface area (Å²) in [7, 11) is 0. The van der Waals surface area contributed by atoms with E-state index in [9.17, 15) is 18.8 Å². The molecular formula is C25H18ClFN2O3. The van der Waals surface area contributed by atoms with Gasteiger partial charge in [0.15, 0.2) is 0 Å². The van der Waals surface area contributed by atoms with Gasteiger partial charge in [0, 0.05) is 11.4 Å². The second kappa shape index (κ2) is 8.77. The molecule has 3 aromatic carbocycles. The van der Waals surface area contributed by atoms with Crippen LogP contribution in [0.3, 0.4) is 0 Å². The third kappa shape index (κ3) is 4.31. The van der Waals surface area contributed by atoms with Crippen LogP contribution in [0.2, 0.25) is 5.02 Å². The summed E-state index contributed by atoms with van der Waals surface area (Å²) in [5.41, 5.74) is 2.85. The summed E-state index contributed by atoms with van der Waals surface area (Å²) >= 11 is 6.38. The molecule has 1 saturated heterocycles. The summed E-state index contributed by atoms with van der Waals surface area (Å²) in [5.74, 6) is -1.83. The van der Waals surface area contributed by atoms with Crippen molar-refractivity contribution in [2.75, 3.05) is 4.90 Å². The maximum absolute atomic E-state index is 13.9. The van der Waals surface area contributed by atoms with E-state index in [0.29, 0.717) is 33.8 Å². The van der Waals surface area contributed by atoms with Crippen LogP contribution in [-0.4, -0.2) is 17.8 Å². The number of urea groups is 1. The summed E-state index contributed by atoms with van der Waals surface area (Å²) in [6.45, 7) is 1.89. The predicted molar refractivity (Wildman–Crippen MR) is 121 cm³/mol. The van der Waals surface area contributed by atoms with E-state index in [1.807, 2.05) is 6.92 Å². The molecule has 0 atom stereocenters. The largest absolute Gasteiger partial charge is 0.335 e. The first-order chi connectivity index (χ1) is 15.3. The topological polar surface area (TPSA) is 66.5 Å². The molecule has 3 aromatic rings. The fourth-order valence-corrected chi connectivity index (χ4v) is 3.65. The minimum Gasteiger partial charge on any atom is -0.273 e. The van der Waals surface area contributed by atoms with Crippen molar-refractivity contribution in [3.05, 3.63) is 105 Å². The van der Waals surface area contributed by atoms with Crippen LogP contribution in [0.1, 0.15) is 22.3 Å². The van der Waals surface area contributed by atoms with Crippen molar-refractivity contribution < 1.29 is 18.8 Å². The monoisotopic (exact) mass is 448 g/mol. The second-order valence-corrected chi connectivity index (χ2v) is 7.82. The fraction of sp³-hybridized carbons (Fsp3) is 0.0800. The minimum absolute atomic E-state index is 0.192. The third-order valence-corrected chi connectivity index (χ3v) is 5.47. The smallest absolute Gasteiger partial charge is 0.273 e. The Labute approximate surface area is 189 Å². The lowest BCUT2D eigenvalue weighted by Crippen LogP contribution is -2.54. The summed E-state index contributed by atoms with van der Waals surface area (Å²) < 4.78 is 13.9. The molecule has 0 unspecified atom stereocenters. The van der Waals surface area contributed by atoms with Gasteiger partial charge >= 0.3 is 6.03 Å². The highest BCUT2D eigenvalue weighted by Crippen LogP contribution is 2.26. The van der Waals surface area contributed by atoms with Crippen LogP contribution >= 0.6 is 11.6 Å². The first-order valence-electron chi connectivity index (χ1n) is 9.83. The highest BCUT2D eigenvalue weighted by molar-refractivity contribution is 6.39. The van der Waals surface area contributed by atoms with Gasteiger partial charge in [-0.05, 0) is 54.0 Å². The Morgan fingerprint density at radius 2 is 1.69 bits per heavy atom. The van der Waals surface area contributed by atoms with Gasteiger partial charge in [-0.2, -0.15) is 0 Å². The van der Waals surface area contributed by atoms with E-state index in [1.165, 1.54) is 12.1 Å². The molecule has 0 bridgehead atoms. The van der Waals surface area contributed by atoms with E-state index in [0.717, 1.165) is 10.5 Å². The molecule has 4 amide bonds. The zero-order chi connectivity index (χ0) is 22.8. The minimum atomic E-state index is -0.806. The van der Waals surface area contributed by atoms with Crippen molar-refractivity contribution in [3.63, 3.8) is 0 Å². The van der Waals surface area contributed by atoms with Gasteiger partial charge in [0.05, 0.1) is 5.69 Å². The predicted octanol–water partition coefficient (Wildman–Crippen LogP) is 5.04. The fourth-order valence-electron chi connectivity index (χ4n) is 3.40. The number of carbonyl (C=O) groups excluding carboxylic acids is 3. The van der Waals surface area contributed by atoms with Gasteiger partial charge in [0.25, 0.3) is 11.8 Å². The van der Waals surface area contributed by atoms with Crippen molar-refractivity contribution in [2.45, 2.75) is 13.3 Å². The number of amides is 4. The van der Waals surface area contributed by atoms with Gasteiger partial charge in [0.1, 0.15) is 11.4 Å². The molecule has 1 aliphatic heterocycles.